The minimum atomic E-state index is -1.54. The Morgan fingerprint density at radius 2 is 0.788 bits per heavy atom. The predicted molar refractivity (Wildman–Crippen MR) is 193 cm³/mol. The van der Waals surface area contributed by atoms with Gasteiger partial charge in [-0.1, -0.05) is 0 Å². The minimum absolute atomic E-state index is 0.413. The zero-order chi connectivity index (χ0) is 40.0. The van der Waals surface area contributed by atoms with E-state index in [4.69, 9.17) is 52.1 Å². The third-order valence-corrected chi connectivity index (χ3v) is 7.48. The average Bonchev–Trinajstić information content (AvgIpc) is 3.01. The van der Waals surface area contributed by atoms with Crippen LogP contribution in [0, 0.1) is 5.92 Å². The number of esters is 5. The highest BCUT2D eigenvalue weighted by atomic mass is 32.1. The molecule has 17 nitrogen and oxygen atoms in total. The van der Waals surface area contributed by atoms with Gasteiger partial charge in [0.15, 0.2) is 18.9 Å². The first kappa shape index (κ1) is 48.5. The molecule has 0 spiro atoms. The van der Waals surface area contributed by atoms with E-state index in [2.05, 4.69) is 50.5 Å². The van der Waals surface area contributed by atoms with E-state index in [-0.39, 0.29) is 0 Å². The molecule has 14 atom stereocenters. The first-order chi connectivity index (χ1) is 24.0. The SMILES string of the molecule is CC(OCC1C(OC(C)OC(=O)C(C)S)C(OC(C)OC(=O)C(C)S)OC(OC(C)OC(=O)C(C)S)C1OC(C)OC(=O)C(C)S)OC(=O)C(C)O. The van der Waals surface area contributed by atoms with Crippen molar-refractivity contribution in [2.24, 2.45) is 5.92 Å². The van der Waals surface area contributed by atoms with Crippen molar-refractivity contribution < 1.29 is 81.2 Å². The van der Waals surface area contributed by atoms with Gasteiger partial charge in [-0.15, -0.1) is 0 Å². The van der Waals surface area contributed by atoms with Crippen molar-refractivity contribution >= 4 is 80.4 Å². The van der Waals surface area contributed by atoms with Crippen LogP contribution < -0.4 is 0 Å². The summed E-state index contributed by atoms with van der Waals surface area (Å²) in [6, 6.07) is 0. The Balaban J connectivity index is 3.77. The van der Waals surface area contributed by atoms with Crippen molar-refractivity contribution in [1.82, 2.24) is 0 Å². The molecule has 0 aromatic carbocycles. The van der Waals surface area contributed by atoms with Gasteiger partial charge in [0, 0.05) is 5.92 Å². The molecule has 302 valence electrons. The van der Waals surface area contributed by atoms with Gasteiger partial charge in [-0.2, -0.15) is 50.5 Å². The van der Waals surface area contributed by atoms with Gasteiger partial charge in [0.05, 0.1) is 27.6 Å². The number of aliphatic hydroxyl groups is 1. The molecule has 0 aromatic rings. The molecule has 1 fully saturated rings. The normalized spacial score (nSPS) is 26.2. The van der Waals surface area contributed by atoms with Gasteiger partial charge >= 0.3 is 29.8 Å². The first-order valence-electron chi connectivity index (χ1n) is 16.4. The molecule has 0 aromatic heterocycles. The number of carbonyl (C=O) groups is 5. The van der Waals surface area contributed by atoms with Gasteiger partial charge in [0.25, 0.3) is 0 Å². The Hall–Kier alpha value is -1.53. The fourth-order valence-electron chi connectivity index (χ4n) is 4.14. The highest BCUT2D eigenvalue weighted by Crippen LogP contribution is 2.36. The summed E-state index contributed by atoms with van der Waals surface area (Å²) in [5.74, 6) is -5.02. The summed E-state index contributed by atoms with van der Waals surface area (Å²) in [7, 11) is 0. The summed E-state index contributed by atoms with van der Waals surface area (Å²) < 4.78 is 62.8. The average molecular weight is 825 g/mol. The molecule has 1 N–H and O–H groups in total. The Labute approximate surface area is 325 Å². The van der Waals surface area contributed by atoms with Crippen LogP contribution in [-0.2, 0) is 76.1 Å². The molecule has 0 amide bonds. The number of hydrogen-bond acceptors (Lipinski definition) is 21. The molecule has 0 saturated carbocycles. The van der Waals surface area contributed by atoms with Gasteiger partial charge in [-0.25, -0.2) is 4.79 Å². The van der Waals surface area contributed by atoms with Crippen LogP contribution in [-0.4, -0.2) is 125 Å². The van der Waals surface area contributed by atoms with E-state index in [1.165, 1.54) is 69.2 Å². The topological polar surface area (TPSA) is 207 Å². The van der Waals surface area contributed by atoms with Crippen LogP contribution >= 0.6 is 50.5 Å². The van der Waals surface area contributed by atoms with Crippen LogP contribution in [0.5, 0.6) is 0 Å². The molecule has 1 rings (SSSR count). The van der Waals surface area contributed by atoms with Crippen molar-refractivity contribution in [1.29, 1.82) is 0 Å². The van der Waals surface area contributed by atoms with Crippen LogP contribution in [0.2, 0.25) is 0 Å². The molecule has 1 saturated heterocycles. The maximum atomic E-state index is 12.4. The Kier molecular flexibility index (Phi) is 21.8. The van der Waals surface area contributed by atoms with Crippen molar-refractivity contribution in [3.8, 4) is 0 Å². The molecule has 1 heterocycles. The van der Waals surface area contributed by atoms with Gasteiger partial charge in [0.2, 0.25) is 25.2 Å². The fourth-order valence-corrected chi connectivity index (χ4v) is 4.38. The van der Waals surface area contributed by atoms with Crippen LogP contribution in [0.15, 0.2) is 0 Å². The molecule has 0 aliphatic carbocycles. The van der Waals surface area contributed by atoms with Crippen LogP contribution in [0.3, 0.4) is 0 Å². The monoisotopic (exact) mass is 824 g/mol. The highest BCUT2D eigenvalue weighted by molar-refractivity contribution is 7.82. The first-order valence-corrected chi connectivity index (χ1v) is 18.4. The Bertz CT molecular complexity index is 1090. The summed E-state index contributed by atoms with van der Waals surface area (Å²) in [4.78, 5) is 61.6. The number of thiol groups is 4. The predicted octanol–water partition coefficient (Wildman–Crippen LogP) is 2.21. The zero-order valence-corrected chi connectivity index (χ0v) is 34.2. The molecular formula is C31H52O17S4. The molecule has 1 aliphatic rings. The highest BCUT2D eigenvalue weighted by Gasteiger charge is 2.52. The summed E-state index contributed by atoms with van der Waals surface area (Å²) in [5, 5.41) is 6.34. The van der Waals surface area contributed by atoms with E-state index < -0.39 is 126 Å². The number of rotatable bonds is 21. The summed E-state index contributed by atoms with van der Waals surface area (Å²) in [6.07, 6.45) is -13.7. The molecule has 0 bridgehead atoms. The molecule has 0 radical (unpaired) electrons. The van der Waals surface area contributed by atoms with Crippen molar-refractivity contribution in [3.05, 3.63) is 0 Å². The van der Waals surface area contributed by atoms with Crippen LogP contribution in [0.25, 0.3) is 0 Å². The number of ether oxygens (including phenoxy) is 11. The molecule has 1 aliphatic heterocycles. The summed E-state index contributed by atoms with van der Waals surface area (Å²) in [5.41, 5.74) is 0. The van der Waals surface area contributed by atoms with Crippen LogP contribution in [0.1, 0.15) is 69.2 Å². The van der Waals surface area contributed by atoms with Crippen molar-refractivity contribution in [2.45, 2.75) is 153 Å². The molecule has 52 heavy (non-hydrogen) atoms. The molecular weight excluding hydrogens is 773 g/mol. The lowest BCUT2D eigenvalue weighted by atomic mass is 9.92. The third kappa shape index (κ3) is 17.3. The second-order valence-corrected chi connectivity index (χ2v) is 14.8. The van der Waals surface area contributed by atoms with Gasteiger partial charge in [-0.05, 0) is 69.2 Å². The fraction of sp³-hybridized carbons (Fsp3) is 0.839. The van der Waals surface area contributed by atoms with E-state index in [0.717, 1.165) is 0 Å². The lowest BCUT2D eigenvalue weighted by molar-refractivity contribution is -0.405. The Morgan fingerprint density at radius 3 is 1.08 bits per heavy atom. The third-order valence-electron chi connectivity index (χ3n) is 6.64. The Morgan fingerprint density at radius 1 is 0.500 bits per heavy atom. The lowest BCUT2D eigenvalue weighted by Crippen LogP contribution is -2.61. The largest absolute Gasteiger partial charge is 0.435 e. The summed E-state index contributed by atoms with van der Waals surface area (Å²) >= 11 is 16.4. The second-order valence-electron chi connectivity index (χ2n) is 11.7. The lowest BCUT2D eigenvalue weighted by Gasteiger charge is -2.47. The van der Waals surface area contributed by atoms with E-state index in [9.17, 15) is 29.1 Å². The molecule has 21 heteroatoms. The number of hydrogen-bond donors (Lipinski definition) is 5. The molecule has 14 unspecified atom stereocenters. The summed E-state index contributed by atoms with van der Waals surface area (Å²) in [6.45, 7) is 13.7. The quantitative estimate of drug-likeness (QED) is 0.0487. The second kappa shape index (κ2) is 23.4. The standard InChI is InChI=1S/C31H52O17S4/c1-12(32)25(33)41-17(6)38-11-22-23(39-18(7)42-26(34)13(2)49)30(46-20(9)44-28(36)15(4)51)48-31(47-21(10)45-29(37)16(5)52)24(22)40-19(8)43-27(35)14(3)50/h12-24,30-32,49-52H,11H2,1-10H3. The smallest absolute Gasteiger partial charge is 0.336 e. The van der Waals surface area contributed by atoms with Gasteiger partial charge < -0.3 is 57.2 Å². The van der Waals surface area contributed by atoms with Crippen molar-refractivity contribution in [2.75, 3.05) is 6.61 Å². The van der Waals surface area contributed by atoms with Crippen LogP contribution in [0.4, 0.5) is 0 Å². The number of aliphatic hydroxyl groups excluding tert-OH is 1. The zero-order valence-electron chi connectivity index (χ0n) is 30.6. The van der Waals surface area contributed by atoms with Gasteiger partial charge in [-0.3, -0.25) is 19.2 Å². The van der Waals surface area contributed by atoms with E-state index >= 15 is 0 Å². The van der Waals surface area contributed by atoms with Crippen molar-refractivity contribution in [3.63, 3.8) is 0 Å². The van der Waals surface area contributed by atoms with Gasteiger partial charge in [0.1, 0.15) is 18.3 Å². The number of carbonyl (C=O) groups excluding carboxylic acids is 5. The minimum Gasteiger partial charge on any atom is -0.435 e. The maximum absolute atomic E-state index is 12.4. The van der Waals surface area contributed by atoms with E-state index in [0.29, 0.717) is 0 Å². The van der Waals surface area contributed by atoms with E-state index in [1.807, 2.05) is 0 Å². The van der Waals surface area contributed by atoms with E-state index in [1.54, 1.807) is 0 Å². The maximum Gasteiger partial charge on any atom is 0.336 e.